The van der Waals surface area contributed by atoms with Gasteiger partial charge in [0.25, 0.3) is 0 Å². The van der Waals surface area contributed by atoms with Gasteiger partial charge in [0.2, 0.25) is 0 Å². The molecule has 0 atom stereocenters. The van der Waals surface area contributed by atoms with Crippen molar-refractivity contribution >= 4 is 11.0 Å². The molecule has 0 N–H and O–H groups in total. The summed E-state index contributed by atoms with van der Waals surface area (Å²) in [7, 11) is 0. The molecular formula is H3O3SiTiZr. The third-order valence-electron chi connectivity index (χ3n) is 0. The summed E-state index contributed by atoms with van der Waals surface area (Å²) in [5.41, 5.74) is 0. The normalized spacial score (nSPS) is 1.83. The Bertz CT molecular complexity index is 40.1. The summed E-state index contributed by atoms with van der Waals surface area (Å²) in [5, 5.41) is 0. The van der Waals surface area contributed by atoms with E-state index in [-0.39, 0.29) is 11.0 Å². The molecule has 0 aromatic rings. The predicted molar refractivity (Wildman–Crippen MR) is 12.0 cm³/mol. The Labute approximate surface area is 63.8 Å². The smallest absolute Gasteiger partial charge is 0.0125 e. The van der Waals surface area contributed by atoms with E-state index in [1.807, 2.05) is 0 Å². The molecule has 0 rings (SSSR count). The van der Waals surface area contributed by atoms with Gasteiger partial charge in [-0.2, -0.15) is 0 Å². The van der Waals surface area contributed by atoms with E-state index in [1.54, 1.807) is 0 Å². The zero-order valence-corrected chi connectivity index (χ0v) is 9.24. The molecular weight excluding hydrogens is 215 g/mol. The molecule has 1 radical (unpaired) electrons. The van der Waals surface area contributed by atoms with Crippen LogP contribution in [0.2, 0.25) is 0 Å². The molecule has 0 aromatic heterocycles. The van der Waals surface area contributed by atoms with Crippen molar-refractivity contribution in [2.45, 2.75) is 0 Å². The number of hydrogen-bond acceptors (Lipinski definition) is 3. The fourth-order valence-corrected chi connectivity index (χ4v) is 0. The first-order valence-corrected chi connectivity index (χ1v) is 2.89. The van der Waals surface area contributed by atoms with E-state index in [9.17, 15) is 0 Å². The summed E-state index contributed by atoms with van der Waals surface area (Å²) >= 11 is -1.70. The van der Waals surface area contributed by atoms with E-state index in [0.717, 1.165) is 0 Å². The van der Waals surface area contributed by atoms with Gasteiger partial charge in [-0.05, 0) is 11.0 Å². The number of rotatable bonds is 0. The van der Waals surface area contributed by atoms with Crippen LogP contribution in [0.3, 0.4) is 0 Å². The second-order valence-electron chi connectivity index (χ2n) is 0.0833. The maximum atomic E-state index is 8.50. The average Bonchev–Trinajstić information content (AvgIpc) is 1.46. The van der Waals surface area contributed by atoms with Crippen LogP contribution in [0, 0.1) is 0 Å². The minimum atomic E-state index is -2.00. The van der Waals surface area contributed by atoms with Gasteiger partial charge in [0, 0.05) is 0 Å². The van der Waals surface area contributed by atoms with Crippen molar-refractivity contribution < 1.29 is 53.3 Å². The van der Waals surface area contributed by atoms with Crippen molar-refractivity contribution in [2.24, 2.45) is 0 Å². The Morgan fingerprint density at radius 1 is 1.17 bits per heavy atom. The van der Waals surface area contributed by atoms with Gasteiger partial charge >= 0.3 is 53.3 Å². The molecule has 33 valence electrons. The zero-order chi connectivity index (χ0) is 4.71. The fourth-order valence-electron chi connectivity index (χ4n) is 0. The van der Waals surface area contributed by atoms with Gasteiger partial charge in [-0.15, -0.1) is 0 Å². The molecule has 3 nitrogen and oxygen atoms in total. The van der Waals surface area contributed by atoms with Crippen LogP contribution in [-0.2, 0) is 53.3 Å². The summed E-state index contributed by atoms with van der Waals surface area (Å²) in [6.45, 7) is 0. The Hall–Kier alpha value is 1.21. The zero-order valence-electron chi connectivity index (χ0n) is 3.22. The van der Waals surface area contributed by atoms with Crippen molar-refractivity contribution in [1.82, 2.24) is 0 Å². The van der Waals surface area contributed by atoms with Crippen LogP contribution in [-0.4, -0.2) is 11.0 Å². The molecule has 6 heavy (non-hydrogen) atoms. The topological polar surface area (TPSA) is 51.2 Å². The molecule has 0 aromatic carbocycles. The summed E-state index contributed by atoms with van der Waals surface area (Å²) in [5.74, 6) is 0. The molecule has 0 amide bonds. The van der Waals surface area contributed by atoms with E-state index in [4.69, 9.17) is 9.46 Å². The van der Waals surface area contributed by atoms with E-state index in [0.29, 0.717) is 24.7 Å². The maximum Gasteiger partial charge on any atom is -0.0125 e. The quantitative estimate of drug-likeness (QED) is 0.463. The van der Waals surface area contributed by atoms with Crippen LogP contribution in [0.4, 0.5) is 0 Å². The first-order valence-electron chi connectivity index (χ1n) is 0.612. The largest absolute Gasteiger partial charge is 0.0125 e. The molecule has 0 bridgehead atoms. The molecule has 6 heteroatoms. The minimum absolute atomic E-state index is 0. The molecule has 0 aliphatic rings. The van der Waals surface area contributed by atoms with Crippen LogP contribution in [0.15, 0.2) is 0 Å². The van der Waals surface area contributed by atoms with Crippen LogP contribution in [0.1, 0.15) is 0 Å². The predicted octanol–water partition coefficient (Wildman–Crippen LogP) is -1.55. The van der Waals surface area contributed by atoms with Crippen LogP contribution in [0.5, 0.6) is 0 Å². The summed E-state index contributed by atoms with van der Waals surface area (Å²) in [6.07, 6.45) is 0. The average molecular weight is 218 g/mol. The first-order chi connectivity index (χ1) is 2.41. The monoisotopic (exact) mass is 217 g/mol. The van der Waals surface area contributed by atoms with Crippen molar-refractivity contribution in [2.75, 3.05) is 0 Å². The molecule has 0 unspecified atom stereocenters. The van der Waals surface area contributed by atoms with Crippen LogP contribution < -0.4 is 0 Å². The van der Waals surface area contributed by atoms with Crippen molar-refractivity contribution in [3.63, 3.8) is 0 Å². The summed E-state index contributed by atoms with van der Waals surface area (Å²) < 4.78 is 25.3. The van der Waals surface area contributed by atoms with Gasteiger partial charge in [0.15, 0.2) is 0 Å². The van der Waals surface area contributed by atoms with Gasteiger partial charge < -0.3 is 0 Å². The fraction of sp³-hybridized carbons (Fsp3) is 0. The Balaban J connectivity index is -0.0000000275. The van der Waals surface area contributed by atoms with Gasteiger partial charge in [-0.3, -0.25) is 0 Å². The molecule has 0 heterocycles. The Kier molecular flexibility index (Phi) is 90.1. The van der Waals surface area contributed by atoms with E-state index in [1.165, 1.54) is 0 Å². The molecule has 0 spiro atoms. The van der Waals surface area contributed by atoms with Gasteiger partial charge in [0.05, 0.1) is 0 Å². The third kappa shape index (κ3) is 62.8. The van der Waals surface area contributed by atoms with Crippen LogP contribution in [0.25, 0.3) is 0 Å². The SMILES string of the molecule is [O]=[Ti]=[O].[O]=[Zr].[SiH3]. The van der Waals surface area contributed by atoms with Gasteiger partial charge in [-0.1, -0.05) is 0 Å². The second-order valence-corrected chi connectivity index (χ2v) is 0.344. The van der Waals surface area contributed by atoms with Gasteiger partial charge in [-0.25, -0.2) is 0 Å². The van der Waals surface area contributed by atoms with E-state index < -0.39 is 19.1 Å². The van der Waals surface area contributed by atoms with Crippen molar-refractivity contribution in [1.29, 1.82) is 0 Å². The molecule has 0 aliphatic carbocycles. The van der Waals surface area contributed by atoms with Crippen molar-refractivity contribution in [3.05, 3.63) is 0 Å². The molecule has 0 fully saturated rings. The summed E-state index contributed by atoms with van der Waals surface area (Å²) in [6, 6.07) is 0. The summed E-state index contributed by atoms with van der Waals surface area (Å²) in [4.78, 5) is 0. The van der Waals surface area contributed by atoms with Crippen LogP contribution >= 0.6 is 0 Å². The third-order valence-corrected chi connectivity index (χ3v) is 0. The van der Waals surface area contributed by atoms with Gasteiger partial charge in [0.1, 0.15) is 0 Å². The number of hydrogen-bond donors (Lipinski definition) is 0. The Morgan fingerprint density at radius 3 is 1.17 bits per heavy atom. The van der Waals surface area contributed by atoms with E-state index in [2.05, 4.69) is 0 Å². The molecule has 0 aliphatic heterocycles. The first kappa shape index (κ1) is 15.7. The van der Waals surface area contributed by atoms with Crippen molar-refractivity contribution in [3.8, 4) is 0 Å². The molecule has 0 saturated carbocycles. The maximum absolute atomic E-state index is 8.50. The van der Waals surface area contributed by atoms with E-state index >= 15 is 0 Å². The molecule has 0 saturated heterocycles. The minimum Gasteiger partial charge on any atom is -0.0125 e. The second kappa shape index (κ2) is 34.5. The standard InChI is InChI=1S/3O.H3Si.Ti.Zr/h;;;1H3;;. The Morgan fingerprint density at radius 2 is 1.17 bits per heavy atom.